The number of hydrogen-bond donors (Lipinski definition) is 4. The molecule has 4 N–H and O–H groups in total. The van der Waals surface area contributed by atoms with Gasteiger partial charge in [0, 0.05) is 11.4 Å². The zero-order valence-electron chi connectivity index (χ0n) is 15.6. The minimum atomic E-state index is -0.989. The van der Waals surface area contributed by atoms with E-state index in [2.05, 4.69) is 10.6 Å². The van der Waals surface area contributed by atoms with Gasteiger partial charge in [0.1, 0.15) is 0 Å². The van der Waals surface area contributed by atoms with Crippen LogP contribution in [0.5, 0.6) is 0 Å². The molecule has 1 fully saturated rings. The molecule has 3 rings (SSSR count). The molecule has 0 bridgehead atoms. The summed E-state index contributed by atoms with van der Waals surface area (Å²) in [5, 5.41) is 35.0. The Kier molecular flexibility index (Phi) is 7.27. The van der Waals surface area contributed by atoms with Crippen molar-refractivity contribution in [3.8, 4) is 6.07 Å². The second-order valence-electron chi connectivity index (χ2n) is 6.99. The van der Waals surface area contributed by atoms with Gasteiger partial charge in [-0.25, -0.2) is 4.79 Å². The van der Waals surface area contributed by atoms with Crippen LogP contribution < -0.4 is 10.6 Å². The first-order valence-electron chi connectivity index (χ1n) is 9.02. The van der Waals surface area contributed by atoms with Gasteiger partial charge in [0.15, 0.2) is 6.04 Å². The van der Waals surface area contributed by atoms with Gasteiger partial charge in [0.25, 0.3) is 0 Å². The van der Waals surface area contributed by atoms with E-state index in [1.807, 2.05) is 31.2 Å². The van der Waals surface area contributed by atoms with Crippen LogP contribution in [0.25, 0.3) is 0 Å². The van der Waals surface area contributed by atoms with Crippen LogP contribution in [0.3, 0.4) is 0 Å². The minimum absolute atomic E-state index is 0. The molecule has 0 heterocycles. The van der Waals surface area contributed by atoms with Crippen molar-refractivity contribution in [2.24, 2.45) is 0 Å². The van der Waals surface area contributed by atoms with Crippen molar-refractivity contribution in [1.82, 2.24) is 0 Å². The summed E-state index contributed by atoms with van der Waals surface area (Å²) in [4.78, 5) is 11.9. The van der Waals surface area contributed by atoms with E-state index < -0.39 is 12.0 Å². The summed E-state index contributed by atoms with van der Waals surface area (Å²) in [5.74, 6) is -0.989. The maximum absolute atomic E-state index is 11.9. The molecule has 1 aliphatic carbocycles. The van der Waals surface area contributed by atoms with Crippen molar-refractivity contribution in [3.63, 3.8) is 0 Å². The van der Waals surface area contributed by atoms with Crippen molar-refractivity contribution >= 4 is 29.8 Å². The molecule has 0 radical (unpaired) electrons. The number of nitrogens with zero attached hydrogens (tertiary/aromatic N) is 1. The average molecular weight is 402 g/mol. The monoisotopic (exact) mass is 401 g/mol. The van der Waals surface area contributed by atoms with Gasteiger partial charge in [-0.15, -0.1) is 12.4 Å². The molecule has 3 atom stereocenters. The van der Waals surface area contributed by atoms with Crippen LogP contribution in [0.15, 0.2) is 42.5 Å². The molecule has 0 aromatic heterocycles. The number of aliphatic hydroxyl groups is 1. The lowest BCUT2D eigenvalue weighted by molar-refractivity contribution is -0.138. The number of aliphatic hydroxyl groups excluding tert-OH is 1. The van der Waals surface area contributed by atoms with Crippen molar-refractivity contribution in [2.75, 3.05) is 10.6 Å². The fourth-order valence-electron chi connectivity index (χ4n) is 3.48. The number of aliphatic carboxylic acids is 1. The quantitative estimate of drug-likeness (QED) is 0.585. The van der Waals surface area contributed by atoms with E-state index in [1.54, 1.807) is 24.3 Å². The Labute approximate surface area is 170 Å². The number of carbonyl (C=O) groups is 1. The number of benzene rings is 2. The van der Waals surface area contributed by atoms with Gasteiger partial charge in [-0.1, -0.05) is 6.07 Å². The molecule has 0 amide bonds. The molecule has 148 valence electrons. The maximum Gasteiger partial charge on any atom is 0.330 e. The first-order valence-corrected chi connectivity index (χ1v) is 9.02. The normalized spacial score (nSPS) is 19.2. The number of anilines is 2. The highest BCUT2D eigenvalue weighted by molar-refractivity contribution is 5.85. The van der Waals surface area contributed by atoms with E-state index in [0.29, 0.717) is 16.8 Å². The number of carboxylic acids is 1. The van der Waals surface area contributed by atoms with E-state index in [0.717, 1.165) is 30.5 Å². The fourth-order valence-corrected chi connectivity index (χ4v) is 3.48. The average Bonchev–Trinajstić information content (AvgIpc) is 3.04. The van der Waals surface area contributed by atoms with E-state index in [9.17, 15) is 15.0 Å². The maximum atomic E-state index is 11.9. The second kappa shape index (κ2) is 9.45. The Morgan fingerprint density at radius 1 is 1.18 bits per heavy atom. The molecule has 2 aromatic rings. The third-order valence-corrected chi connectivity index (χ3v) is 4.84. The van der Waals surface area contributed by atoms with Gasteiger partial charge in [0.05, 0.1) is 23.8 Å². The number of rotatable bonds is 6. The molecular formula is C21H24ClN3O3. The van der Waals surface area contributed by atoms with Crippen LogP contribution in [-0.4, -0.2) is 28.3 Å². The molecule has 28 heavy (non-hydrogen) atoms. The largest absolute Gasteiger partial charge is 0.479 e. The Morgan fingerprint density at radius 2 is 1.89 bits per heavy atom. The summed E-state index contributed by atoms with van der Waals surface area (Å²) in [5.41, 5.74) is 3.52. The first-order chi connectivity index (χ1) is 13.0. The molecule has 7 heteroatoms. The molecule has 0 aliphatic heterocycles. The summed E-state index contributed by atoms with van der Waals surface area (Å²) in [7, 11) is 0. The van der Waals surface area contributed by atoms with Gasteiger partial charge >= 0.3 is 5.97 Å². The first kappa shape index (κ1) is 21.5. The van der Waals surface area contributed by atoms with Crippen LogP contribution >= 0.6 is 12.4 Å². The summed E-state index contributed by atoms with van der Waals surface area (Å²) in [6.07, 6.45) is 2.29. The lowest BCUT2D eigenvalue weighted by atomic mass is 10.0. The second-order valence-corrected chi connectivity index (χ2v) is 6.99. The van der Waals surface area contributed by atoms with E-state index in [4.69, 9.17) is 5.26 Å². The van der Waals surface area contributed by atoms with E-state index in [-0.39, 0.29) is 24.6 Å². The molecule has 1 aliphatic rings. The molecular weight excluding hydrogens is 378 g/mol. The topological polar surface area (TPSA) is 105 Å². The third kappa shape index (κ3) is 5.16. The van der Waals surface area contributed by atoms with Crippen molar-refractivity contribution < 1.29 is 15.0 Å². The number of hydrogen-bond acceptors (Lipinski definition) is 5. The summed E-state index contributed by atoms with van der Waals surface area (Å²) >= 11 is 0. The van der Waals surface area contributed by atoms with Crippen molar-refractivity contribution in [1.29, 1.82) is 5.26 Å². The predicted octanol–water partition coefficient (Wildman–Crippen LogP) is 3.85. The SMILES string of the molecule is Cc1cc(NC2CCCC2O)cc(C(Nc2ccc(C#N)cc2)C(=O)O)c1.Cl. The molecule has 6 nitrogen and oxygen atoms in total. The number of carboxylic acid groups (broad SMARTS) is 1. The van der Waals surface area contributed by atoms with Crippen molar-refractivity contribution in [2.45, 2.75) is 44.4 Å². The summed E-state index contributed by atoms with van der Waals surface area (Å²) in [6, 6.07) is 13.4. The minimum Gasteiger partial charge on any atom is -0.479 e. The Morgan fingerprint density at radius 3 is 2.46 bits per heavy atom. The number of halogens is 1. The summed E-state index contributed by atoms with van der Waals surface area (Å²) < 4.78 is 0. The van der Waals surface area contributed by atoms with Crippen LogP contribution in [0.2, 0.25) is 0 Å². The van der Waals surface area contributed by atoms with Gasteiger partial charge in [-0.05, 0) is 73.7 Å². The van der Waals surface area contributed by atoms with Gasteiger partial charge in [-0.3, -0.25) is 0 Å². The third-order valence-electron chi connectivity index (χ3n) is 4.84. The molecule has 1 saturated carbocycles. The van der Waals surface area contributed by atoms with Crippen LogP contribution in [0, 0.1) is 18.3 Å². The Hall–Kier alpha value is -2.75. The Balaban J connectivity index is 0.00000280. The van der Waals surface area contributed by atoms with Gasteiger partial charge in [-0.2, -0.15) is 5.26 Å². The molecule has 2 aromatic carbocycles. The van der Waals surface area contributed by atoms with Crippen LogP contribution in [0.1, 0.15) is 42.0 Å². The number of nitrogens with one attached hydrogen (secondary N) is 2. The Bertz CT molecular complexity index is 864. The molecule has 0 saturated heterocycles. The van der Waals surface area contributed by atoms with Gasteiger partial charge in [0.2, 0.25) is 0 Å². The molecule has 3 unspecified atom stereocenters. The fraction of sp³-hybridized carbons (Fsp3) is 0.333. The van der Waals surface area contributed by atoms with Crippen LogP contribution in [0.4, 0.5) is 11.4 Å². The molecule has 0 spiro atoms. The standard InChI is InChI=1S/C21H23N3O3.ClH/c1-13-9-15(11-17(10-13)23-18-3-2-4-19(18)25)20(21(26)27)24-16-7-5-14(12-22)6-8-16;/h5-11,18-20,23-25H,2-4H2,1H3,(H,26,27);1H. The number of nitriles is 1. The van der Waals surface area contributed by atoms with E-state index >= 15 is 0 Å². The lowest BCUT2D eigenvalue weighted by Gasteiger charge is -2.21. The smallest absolute Gasteiger partial charge is 0.330 e. The lowest BCUT2D eigenvalue weighted by Crippen LogP contribution is -2.28. The zero-order chi connectivity index (χ0) is 19.4. The van der Waals surface area contributed by atoms with Crippen molar-refractivity contribution in [3.05, 3.63) is 59.2 Å². The summed E-state index contributed by atoms with van der Waals surface area (Å²) in [6.45, 7) is 1.92. The van der Waals surface area contributed by atoms with Gasteiger partial charge < -0.3 is 20.8 Å². The van der Waals surface area contributed by atoms with Crippen LogP contribution in [-0.2, 0) is 4.79 Å². The van der Waals surface area contributed by atoms with E-state index in [1.165, 1.54) is 0 Å². The zero-order valence-corrected chi connectivity index (χ0v) is 16.4. The highest BCUT2D eigenvalue weighted by atomic mass is 35.5. The highest BCUT2D eigenvalue weighted by Crippen LogP contribution is 2.28. The highest BCUT2D eigenvalue weighted by Gasteiger charge is 2.26. The number of aryl methyl sites for hydroxylation is 1. The predicted molar refractivity (Wildman–Crippen MR) is 111 cm³/mol.